The largest absolute Gasteiger partial charge is 0.459 e. The van der Waals surface area contributed by atoms with Gasteiger partial charge < -0.3 is 14.8 Å². The third kappa shape index (κ3) is 8.35. The number of hydrogen-bond acceptors (Lipinski definition) is 5. The normalized spacial score (nSPS) is 13.7. The Bertz CT molecular complexity index is 553. The summed E-state index contributed by atoms with van der Waals surface area (Å²) in [5.74, 6) is -0.678. The molecule has 23 heavy (non-hydrogen) atoms. The molecule has 1 aromatic rings. The highest BCUT2D eigenvalue weighted by molar-refractivity contribution is 7.84. The van der Waals surface area contributed by atoms with Gasteiger partial charge in [-0.05, 0) is 26.3 Å². The van der Waals surface area contributed by atoms with Crippen LogP contribution >= 0.6 is 0 Å². The fraction of sp³-hybridized carbons (Fsp3) is 0.500. The lowest BCUT2D eigenvalue weighted by Gasteiger charge is -2.22. The number of ether oxygens (including phenoxy) is 2. The van der Waals surface area contributed by atoms with E-state index < -0.39 is 34.5 Å². The van der Waals surface area contributed by atoms with E-state index in [9.17, 15) is 13.8 Å². The molecular formula is C16H23NO5S. The van der Waals surface area contributed by atoms with Gasteiger partial charge in [0, 0.05) is 17.1 Å². The highest BCUT2D eigenvalue weighted by Crippen LogP contribution is 2.08. The number of esters is 1. The molecule has 7 heteroatoms. The molecule has 0 aliphatic rings. The topological polar surface area (TPSA) is 81.7 Å². The molecular weight excluding hydrogens is 318 g/mol. The van der Waals surface area contributed by atoms with Gasteiger partial charge in [-0.1, -0.05) is 30.3 Å². The van der Waals surface area contributed by atoms with Gasteiger partial charge in [0.2, 0.25) is 0 Å². The van der Waals surface area contributed by atoms with Crippen LogP contribution in [0, 0.1) is 0 Å². The number of nitrogens with one attached hydrogen (secondary N) is 1. The van der Waals surface area contributed by atoms with Crippen molar-refractivity contribution in [3.8, 4) is 0 Å². The number of carbonyl (C=O) groups excluding carboxylic acids is 2. The van der Waals surface area contributed by atoms with E-state index in [1.807, 2.05) is 30.3 Å². The minimum atomic E-state index is -1.27. The van der Waals surface area contributed by atoms with Gasteiger partial charge in [-0.15, -0.1) is 0 Å². The Balaban J connectivity index is 2.63. The van der Waals surface area contributed by atoms with Crippen LogP contribution in [0.25, 0.3) is 0 Å². The van der Waals surface area contributed by atoms with E-state index in [-0.39, 0.29) is 12.4 Å². The lowest BCUT2D eigenvalue weighted by molar-refractivity contribution is -0.146. The Morgan fingerprint density at radius 2 is 1.83 bits per heavy atom. The van der Waals surface area contributed by atoms with Crippen LogP contribution in [0.15, 0.2) is 30.3 Å². The van der Waals surface area contributed by atoms with Crippen molar-refractivity contribution < 1.29 is 23.3 Å². The van der Waals surface area contributed by atoms with Crippen LogP contribution in [0.1, 0.15) is 26.3 Å². The summed E-state index contributed by atoms with van der Waals surface area (Å²) < 4.78 is 21.7. The molecule has 0 bridgehead atoms. The lowest BCUT2D eigenvalue weighted by Crippen LogP contribution is -2.47. The summed E-state index contributed by atoms with van der Waals surface area (Å²) in [6, 6.07) is 8.16. The molecule has 0 spiro atoms. The molecule has 0 radical (unpaired) electrons. The fourth-order valence-corrected chi connectivity index (χ4v) is 2.37. The molecule has 1 unspecified atom stereocenters. The minimum absolute atomic E-state index is 0.0349. The average molecular weight is 341 g/mol. The zero-order valence-corrected chi connectivity index (χ0v) is 14.6. The van der Waals surface area contributed by atoms with Crippen molar-refractivity contribution in [2.45, 2.75) is 39.0 Å². The molecule has 0 saturated heterocycles. The second-order valence-electron chi connectivity index (χ2n) is 6.03. The van der Waals surface area contributed by atoms with Gasteiger partial charge in [0.05, 0.1) is 5.75 Å². The third-order valence-corrected chi connectivity index (χ3v) is 3.40. The average Bonchev–Trinajstić information content (AvgIpc) is 2.42. The summed E-state index contributed by atoms with van der Waals surface area (Å²) in [4.78, 5) is 23.9. The first-order chi connectivity index (χ1) is 10.7. The molecule has 0 aromatic heterocycles. The number of benzene rings is 1. The minimum Gasteiger partial charge on any atom is -0.459 e. The van der Waals surface area contributed by atoms with Crippen molar-refractivity contribution >= 4 is 22.9 Å². The quantitative estimate of drug-likeness (QED) is 0.800. The van der Waals surface area contributed by atoms with Crippen molar-refractivity contribution in [3.63, 3.8) is 0 Å². The maximum atomic E-state index is 12.1. The summed E-state index contributed by atoms with van der Waals surface area (Å²) in [6.07, 6.45) is 0.707. The number of rotatable bonds is 6. The molecule has 128 valence electrons. The summed E-state index contributed by atoms with van der Waals surface area (Å²) >= 11 is 0. The van der Waals surface area contributed by atoms with Gasteiger partial charge in [-0.3, -0.25) is 4.21 Å². The SMILES string of the molecule is CS(=O)C[C@H](NC(=O)OC(C)(C)C)C(=O)OCc1ccccc1. The van der Waals surface area contributed by atoms with Crippen LogP contribution < -0.4 is 5.32 Å². The van der Waals surface area contributed by atoms with Crippen molar-refractivity contribution in [1.29, 1.82) is 0 Å². The summed E-state index contributed by atoms with van der Waals surface area (Å²) in [7, 11) is -1.27. The maximum absolute atomic E-state index is 12.1. The van der Waals surface area contributed by atoms with Crippen molar-refractivity contribution in [1.82, 2.24) is 5.32 Å². The van der Waals surface area contributed by atoms with E-state index in [0.29, 0.717) is 0 Å². The molecule has 0 heterocycles. The highest BCUT2D eigenvalue weighted by atomic mass is 32.2. The van der Waals surface area contributed by atoms with E-state index >= 15 is 0 Å². The summed E-state index contributed by atoms with van der Waals surface area (Å²) in [5, 5.41) is 2.41. The van der Waals surface area contributed by atoms with Crippen molar-refractivity contribution in [2.24, 2.45) is 0 Å². The second kappa shape index (κ2) is 8.67. The molecule has 0 aliphatic carbocycles. The number of carbonyl (C=O) groups is 2. The fourth-order valence-electron chi connectivity index (χ4n) is 1.68. The molecule has 2 atom stereocenters. The monoisotopic (exact) mass is 341 g/mol. The molecule has 0 fully saturated rings. The predicted molar refractivity (Wildman–Crippen MR) is 88.3 cm³/mol. The second-order valence-corrected chi connectivity index (χ2v) is 7.51. The van der Waals surface area contributed by atoms with E-state index in [1.165, 1.54) is 6.26 Å². The molecule has 1 N–H and O–H groups in total. The smallest absolute Gasteiger partial charge is 0.408 e. The first kappa shape index (κ1) is 19.2. The zero-order valence-electron chi connectivity index (χ0n) is 13.8. The van der Waals surface area contributed by atoms with Crippen LogP contribution in [0.5, 0.6) is 0 Å². The third-order valence-electron chi connectivity index (χ3n) is 2.60. The van der Waals surface area contributed by atoms with Gasteiger partial charge >= 0.3 is 12.1 Å². The molecule has 1 amide bonds. The summed E-state index contributed by atoms with van der Waals surface area (Å²) in [6.45, 7) is 5.23. The van der Waals surface area contributed by atoms with E-state index in [4.69, 9.17) is 9.47 Å². The predicted octanol–water partition coefficient (Wildman–Crippen LogP) is 2.00. The molecule has 1 aromatic carbocycles. The number of alkyl carbamates (subject to hydrolysis) is 1. The van der Waals surface area contributed by atoms with Gasteiger partial charge in [-0.2, -0.15) is 0 Å². The first-order valence-electron chi connectivity index (χ1n) is 7.17. The zero-order chi connectivity index (χ0) is 17.5. The Morgan fingerprint density at radius 3 is 2.35 bits per heavy atom. The van der Waals surface area contributed by atoms with Crippen LogP contribution in [-0.4, -0.2) is 39.9 Å². The molecule has 0 saturated carbocycles. The van der Waals surface area contributed by atoms with Gasteiger partial charge in [0.1, 0.15) is 18.2 Å². The van der Waals surface area contributed by atoms with Gasteiger partial charge in [-0.25, -0.2) is 9.59 Å². The van der Waals surface area contributed by atoms with Crippen LogP contribution in [0.3, 0.4) is 0 Å². The Kier molecular flexibility index (Phi) is 7.22. The Morgan fingerprint density at radius 1 is 1.22 bits per heavy atom. The standard InChI is InChI=1S/C16H23NO5S/c1-16(2,3)22-15(19)17-13(11-23(4)20)14(18)21-10-12-8-6-5-7-9-12/h5-9,13H,10-11H2,1-4H3,(H,17,19)/t13-,23?/m0/s1. The van der Waals surface area contributed by atoms with Gasteiger partial charge in [0.25, 0.3) is 0 Å². The summed E-state index contributed by atoms with van der Waals surface area (Å²) in [5.41, 5.74) is 0.142. The van der Waals surface area contributed by atoms with Crippen LogP contribution in [0.2, 0.25) is 0 Å². The van der Waals surface area contributed by atoms with E-state index in [0.717, 1.165) is 5.56 Å². The van der Waals surface area contributed by atoms with Gasteiger partial charge in [0.15, 0.2) is 0 Å². The van der Waals surface area contributed by atoms with Crippen molar-refractivity contribution in [2.75, 3.05) is 12.0 Å². The van der Waals surface area contributed by atoms with Crippen LogP contribution in [-0.2, 0) is 31.7 Å². The highest BCUT2D eigenvalue weighted by Gasteiger charge is 2.26. The molecule has 0 aliphatic heterocycles. The maximum Gasteiger partial charge on any atom is 0.408 e. The lowest BCUT2D eigenvalue weighted by atomic mass is 10.2. The number of hydrogen-bond donors (Lipinski definition) is 1. The van der Waals surface area contributed by atoms with E-state index in [2.05, 4.69) is 5.32 Å². The number of amides is 1. The van der Waals surface area contributed by atoms with E-state index in [1.54, 1.807) is 20.8 Å². The Hall–Kier alpha value is -1.89. The molecule has 1 rings (SSSR count). The molecule has 6 nitrogen and oxygen atoms in total. The van der Waals surface area contributed by atoms with Crippen molar-refractivity contribution in [3.05, 3.63) is 35.9 Å². The first-order valence-corrected chi connectivity index (χ1v) is 8.90. The van der Waals surface area contributed by atoms with Crippen LogP contribution in [0.4, 0.5) is 4.79 Å². The Labute approximate surface area is 139 Å².